The SMILES string of the molecule is C/C=C(\C)C(=O)OC[C@]1(C)C2CC[C@]3(S)C(CC=C4C5CC(C)(C)[C@@H](O)[C@H](O)[C@]5(COC(=O)C=C(C)C)[C@H](O)C[C@]43C)[C@@]2(S)CC[C@@H]1O. The number of hydrogen-bond acceptors (Lipinski definition) is 10. The van der Waals surface area contributed by atoms with Gasteiger partial charge < -0.3 is 29.9 Å². The van der Waals surface area contributed by atoms with Gasteiger partial charge in [-0.1, -0.05) is 51.0 Å². The summed E-state index contributed by atoms with van der Waals surface area (Å²) < 4.78 is 10.5. The lowest BCUT2D eigenvalue weighted by Crippen LogP contribution is -2.73. The summed E-state index contributed by atoms with van der Waals surface area (Å²) in [5.41, 5.74) is -0.849. The van der Waals surface area contributed by atoms with Crippen LogP contribution in [0.2, 0.25) is 0 Å². The second-order valence-electron chi connectivity index (χ2n) is 17.2. The van der Waals surface area contributed by atoms with Gasteiger partial charge in [0.2, 0.25) is 0 Å². The molecule has 0 heterocycles. The third-order valence-corrected chi connectivity index (χ3v) is 15.8. The smallest absolute Gasteiger partial charge is 0.333 e. The van der Waals surface area contributed by atoms with Gasteiger partial charge in [-0.15, -0.1) is 0 Å². The van der Waals surface area contributed by atoms with Crippen molar-refractivity contribution in [3.63, 3.8) is 0 Å². The summed E-state index contributed by atoms with van der Waals surface area (Å²) in [4.78, 5) is 25.4. The van der Waals surface area contributed by atoms with Crippen molar-refractivity contribution in [1.29, 1.82) is 0 Å². The van der Waals surface area contributed by atoms with Crippen molar-refractivity contribution in [2.24, 2.45) is 39.4 Å². The van der Waals surface area contributed by atoms with E-state index in [-0.39, 0.29) is 43.4 Å². The fourth-order valence-electron chi connectivity index (χ4n) is 10.8. The van der Waals surface area contributed by atoms with E-state index in [1.54, 1.807) is 33.8 Å². The highest BCUT2D eigenvalue weighted by molar-refractivity contribution is 7.83. The van der Waals surface area contributed by atoms with Gasteiger partial charge in [0.15, 0.2) is 0 Å². The van der Waals surface area contributed by atoms with Gasteiger partial charge in [0.1, 0.15) is 6.61 Å². The van der Waals surface area contributed by atoms with E-state index in [0.717, 1.165) is 11.1 Å². The number of aliphatic hydroxyl groups excluding tert-OH is 4. The average Bonchev–Trinajstić information content (AvgIpc) is 3.00. The van der Waals surface area contributed by atoms with E-state index < -0.39 is 61.5 Å². The quantitative estimate of drug-likeness (QED) is 0.0939. The van der Waals surface area contributed by atoms with E-state index in [0.29, 0.717) is 44.1 Å². The van der Waals surface area contributed by atoms with Gasteiger partial charge in [0.25, 0.3) is 0 Å². The van der Waals surface area contributed by atoms with Gasteiger partial charge >= 0.3 is 11.9 Å². The molecule has 10 heteroatoms. The first-order valence-electron chi connectivity index (χ1n) is 17.6. The third-order valence-electron chi connectivity index (χ3n) is 13.9. The molecule has 12 atom stereocenters. The first-order valence-corrected chi connectivity index (χ1v) is 18.5. The molecule has 0 aromatic rings. The van der Waals surface area contributed by atoms with E-state index in [9.17, 15) is 30.0 Å². The third kappa shape index (κ3) is 5.49. The summed E-state index contributed by atoms with van der Waals surface area (Å²) in [6.07, 6.45) is 5.25. The zero-order chi connectivity index (χ0) is 35.8. The molecule has 48 heavy (non-hydrogen) atoms. The first-order chi connectivity index (χ1) is 22.2. The summed E-state index contributed by atoms with van der Waals surface area (Å²) in [6, 6.07) is 0. The maximum atomic E-state index is 12.7. The summed E-state index contributed by atoms with van der Waals surface area (Å²) in [5.74, 6) is -1.36. The molecule has 4 fully saturated rings. The Morgan fingerprint density at radius 1 is 0.896 bits per heavy atom. The van der Waals surface area contributed by atoms with Crippen LogP contribution < -0.4 is 0 Å². The van der Waals surface area contributed by atoms with Crippen LogP contribution in [0, 0.1) is 39.4 Å². The van der Waals surface area contributed by atoms with Crippen molar-refractivity contribution < 1.29 is 39.5 Å². The average molecular weight is 707 g/mol. The van der Waals surface area contributed by atoms with Crippen LogP contribution in [-0.4, -0.2) is 79.5 Å². The van der Waals surface area contributed by atoms with Gasteiger partial charge in [-0.2, -0.15) is 25.3 Å². The molecule has 0 radical (unpaired) electrons. The minimum Gasteiger partial charge on any atom is -0.462 e. The molecule has 8 nitrogen and oxygen atoms in total. The molecular weight excluding hydrogens is 649 g/mol. The molecule has 0 aliphatic heterocycles. The fraction of sp³-hybridized carbons (Fsp3) is 0.789. The number of rotatable bonds is 6. The highest BCUT2D eigenvalue weighted by Gasteiger charge is 2.73. The van der Waals surface area contributed by atoms with Crippen LogP contribution in [0.3, 0.4) is 0 Å². The molecule has 0 bridgehead atoms. The lowest BCUT2D eigenvalue weighted by molar-refractivity contribution is -0.243. The first kappa shape index (κ1) is 37.9. The van der Waals surface area contributed by atoms with Crippen molar-refractivity contribution in [2.75, 3.05) is 13.2 Å². The Labute approximate surface area is 297 Å². The number of esters is 2. The number of carbonyl (C=O) groups excluding carboxylic acids is 2. The minimum atomic E-state index is -1.32. The highest BCUT2D eigenvalue weighted by atomic mass is 32.1. The Bertz CT molecular complexity index is 1400. The van der Waals surface area contributed by atoms with Gasteiger partial charge in [0.05, 0.1) is 36.4 Å². The Morgan fingerprint density at radius 3 is 2.19 bits per heavy atom. The molecule has 0 aromatic heterocycles. The number of aliphatic hydroxyl groups is 4. The van der Waals surface area contributed by atoms with E-state index >= 15 is 0 Å². The lowest BCUT2D eigenvalue weighted by Gasteiger charge is -2.71. The topological polar surface area (TPSA) is 134 Å². The number of allylic oxidation sites excluding steroid dienone is 4. The number of fused-ring (bicyclic) bond motifs is 7. The van der Waals surface area contributed by atoms with Crippen LogP contribution in [0.1, 0.15) is 100 Å². The lowest BCUT2D eigenvalue weighted by atomic mass is 9.39. The molecular formula is C38H58O8S2. The normalized spacial score (nSPS) is 46.5. The molecule has 5 rings (SSSR count). The molecule has 5 aliphatic rings. The maximum Gasteiger partial charge on any atom is 0.333 e. The predicted octanol–water partition coefficient (Wildman–Crippen LogP) is 5.38. The molecule has 0 aromatic carbocycles. The monoisotopic (exact) mass is 706 g/mol. The molecule has 3 unspecified atom stereocenters. The predicted molar refractivity (Wildman–Crippen MR) is 192 cm³/mol. The van der Waals surface area contributed by atoms with Crippen molar-refractivity contribution in [1.82, 2.24) is 0 Å². The highest BCUT2D eigenvalue weighted by Crippen LogP contribution is 2.73. The molecule has 5 aliphatic carbocycles. The summed E-state index contributed by atoms with van der Waals surface area (Å²) in [7, 11) is 0. The van der Waals surface area contributed by atoms with Crippen LogP contribution >= 0.6 is 25.3 Å². The summed E-state index contributed by atoms with van der Waals surface area (Å²) in [6.45, 7) is 15.1. The summed E-state index contributed by atoms with van der Waals surface area (Å²) in [5, 5.41) is 47.0. The van der Waals surface area contributed by atoms with Crippen LogP contribution in [0.25, 0.3) is 0 Å². The Kier molecular flexibility index (Phi) is 10.1. The van der Waals surface area contributed by atoms with Crippen LogP contribution in [0.5, 0.6) is 0 Å². The Balaban J connectivity index is 1.55. The minimum absolute atomic E-state index is 0.0220. The second-order valence-corrected chi connectivity index (χ2v) is 18.8. The van der Waals surface area contributed by atoms with E-state index in [1.165, 1.54) is 6.08 Å². The van der Waals surface area contributed by atoms with E-state index in [4.69, 9.17) is 34.7 Å². The number of hydrogen-bond donors (Lipinski definition) is 6. The summed E-state index contributed by atoms with van der Waals surface area (Å²) >= 11 is 11.2. The second kappa shape index (κ2) is 12.7. The van der Waals surface area contributed by atoms with Gasteiger partial charge in [-0.25, -0.2) is 9.59 Å². The zero-order valence-corrected chi connectivity index (χ0v) is 31.7. The molecule has 4 saturated carbocycles. The largest absolute Gasteiger partial charge is 0.462 e. The van der Waals surface area contributed by atoms with Crippen molar-refractivity contribution in [3.05, 3.63) is 34.9 Å². The van der Waals surface area contributed by atoms with Crippen molar-refractivity contribution >= 4 is 37.2 Å². The molecule has 0 amide bonds. The van der Waals surface area contributed by atoms with Crippen LogP contribution in [0.15, 0.2) is 34.9 Å². The van der Waals surface area contributed by atoms with Gasteiger partial charge in [0, 0.05) is 32.0 Å². The molecule has 0 saturated heterocycles. The Hall–Kier alpha value is -1.30. The van der Waals surface area contributed by atoms with Crippen LogP contribution in [-0.2, 0) is 19.1 Å². The number of ether oxygens (including phenoxy) is 2. The molecule has 0 spiro atoms. The van der Waals surface area contributed by atoms with E-state index in [1.807, 2.05) is 20.8 Å². The van der Waals surface area contributed by atoms with Crippen molar-refractivity contribution in [2.45, 2.75) is 134 Å². The van der Waals surface area contributed by atoms with Gasteiger partial charge in [-0.05, 0) is 95.8 Å². The Morgan fingerprint density at radius 2 is 1.56 bits per heavy atom. The number of thiol groups is 2. The maximum absolute atomic E-state index is 12.7. The van der Waals surface area contributed by atoms with Crippen LogP contribution in [0.4, 0.5) is 0 Å². The van der Waals surface area contributed by atoms with Crippen molar-refractivity contribution in [3.8, 4) is 0 Å². The molecule has 4 N–H and O–H groups in total. The fourth-order valence-corrected chi connectivity index (χ4v) is 12.5. The number of carbonyl (C=O) groups is 2. The zero-order valence-electron chi connectivity index (χ0n) is 30.0. The standard InChI is InChI=1S/C38H58O8S2/c1-9-22(4)32(44)46-19-34(7)25-12-15-38(48)26(37(25,47)14-13-27(34)39)11-10-23-24-17-33(5,6)30(42)31(43)36(24,28(40)18-35(23,38)8)20-45-29(41)16-21(2)3/h9-10,16,24-28,30-31,39-40,42-43,47-48H,11-15,17-20H2,1-8H3/b22-9+/t24?,25?,26?,27-,28+,30-,31-,34+,35+,36-,37+,38-/m0/s1. The molecule has 270 valence electrons. The van der Waals surface area contributed by atoms with Gasteiger partial charge in [-0.3, -0.25) is 0 Å². The van der Waals surface area contributed by atoms with E-state index in [2.05, 4.69) is 13.0 Å².